The Hall–Kier alpha value is -3.91. The lowest BCUT2D eigenvalue weighted by atomic mass is 10.1. The molecule has 1 aliphatic rings. The summed E-state index contributed by atoms with van der Waals surface area (Å²) in [7, 11) is -6.57. The number of benzene rings is 4. The summed E-state index contributed by atoms with van der Waals surface area (Å²) in [5.74, 6) is 0. The maximum absolute atomic E-state index is 17.8. The number of hydrogen-bond donors (Lipinski definition) is 1. The van der Waals surface area contributed by atoms with E-state index in [9.17, 15) is 9.59 Å². The summed E-state index contributed by atoms with van der Waals surface area (Å²) >= 11 is 7.06. The Morgan fingerprint density at radius 2 is 1.12 bits per heavy atom. The van der Waals surface area contributed by atoms with Gasteiger partial charge in [-0.2, -0.15) is 0 Å². The quantitative estimate of drug-likeness (QED) is 0.143. The molecule has 7 nitrogen and oxygen atoms in total. The van der Waals surface area contributed by atoms with Gasteiger partial charge in [-0.1, -0.05) is 174 Å². The summed E-state index contributed by atoms with van der Waals surface area (Å²) < 4.78 is 40.1. The number of nitrogens with zero attached hydrogens (tertiary/aromatic N) is 1. The van der Waals surface area contributed by atoms with E-state index in [-0.39, 0.29) is 11.6 Å². The first-order valence-electron chi connectivity index (χ1n) is 17.5. The standard InChI is InChI=1S/C41H46ClFN2O5Si2/c1-39(2,3)51(30-19-11-7-12-20-30,31-21-13-8-14-22-31)48-29-34-36(41(42,43)37(49-34)45-28-27-35(46)44-38(45)47)50-52(40(4,5)6,32-23-15-9-16-24-32)33-25-17-10-18-26-33/h7-28,34,36-37H,29H2,1-6H3,(H,44,46,47). The monoisotopic (exact) mass is 756 g/mol. The fourth-order valence-electron chi connectivity index (χ4n) is 7.71. The van der Waals surface area contributed by atoms with E-state index >= 15 is 4.39 Å². The smallest absolute Gasteiger partial charge is 0.330 e. The van der Waals surface area contributed by atoms with Crippen LogP contribution in [0.25, 0.3) is 0 Å². The summed E-state index contributed by atoms with van der Waals surface area (Å²) in [6.45, 7) is 12.7. The van der Waals surface area contributed by atoms with Crippen LogP contribution in [0.5, 0.6) is 0 Å². The van der Waals surface area contributed by atoms with E-state index in [2.05, 4.69) is 70.8 Å². The molecular formula is C41H46ClFN2O5Si2. The Labute approximate surface area is 311 Å². The zero-order valence-electron chi connectivity index (χ0n) is 30.4. The minimum Gasteiger partial charge on any atom is -0.405 e. The Bertz CT molecular complexity index is 1990. The predicted molar refractivity (Wildman–Crippen MR) is 211 cm³/mol. The number of hydrogen-bond acceptors (Lipinski definition) is 5. The van der Waals surface area contributed by atoms with Gasteiger partial charge in [0.05, 0.1) is 6.61 Å². The summed E-state index contributed by atoms with van der Waals surface area (Å²) in [4.78, 5) is 27.5. The van der Waals surface area contributed by atoms with E-state index in [1.54, 1.807) is 0 Å². The number of aromatic nitrogens is 2. The molecule has 272 valence electrons. The first kappa shape index (κ1) is 37.8. The van der Waals surface area contributed by atoms with E-state index in [0.29, 0.717) is 0 Å². The van der Waals surface area contributed by atoms with Crippen LogP contribution < -0.4 is 32.0 Å². The van der Waals surface area contributed by atoms with Gasteiger partial charge in [0, 0.05) is 12.3 Å². The van der Waals surface area contributed by atoms with Gasteiger partial charge in [0.25, 0.3) is 27.3 Å². The zero-order chi connectivity index (χ0) is 37.4. The molecule has 1 N–H and O–H groups in total. The summed E-state index contributed by atoms with van der Waals surface area (Å²) in [5, 5.41) is 0.262. The van der Waals surface area contributed by atoms with Crippen LogP contribution in [-0.4, -0.2) is 50.1 Å². The normalized spacial score (nSPS) is 21.3. The summed E-state index contributed by atoms with van der Waals surface area (Å²) in [6.07, 6.45) is -2.93. The molecule has 4 atom stereocenters. The van der Waals surface area contributed by atoms with E-state index in [1.165, 1.54) is 6.20 Å². The van der Waals surface area contributed by atoms with Gasteiger partial charge in [0.1, 0.15) is 12.2 Å². The number of nitrogens with one attached hydrogen (secondary N) is 1. The van der Waals surface area contributed by atoms with Crippen molar-refractivity contribution < 1.29 is 18.0 Å². The predicted octanol–water partition coefficient (Wildman–Crippen LogP) is 5.86. The fourth-order valence-corrected chi connectivity index (χ4v) is 17.4. The number of ether oxygens (including phenoxy) is 1. The first-order valence-corrected chi connectivity index (χ1v) is 21.7. The highest BCUT2D eigenvalue weighted by atomic mass is 35.5. The highest BCUT2D eigenvalue weighted by Gasteiger charge is 2.64. The number of rotatable bonds is 10. The molecule has 2 heterocycles. The Morgan fingerprint density at radius 1 is 0.712 bits per heavy atom. The number of aromatic amines is 1. The molecule has 0 bridgehead atoms. The number of halogens is 2. The third-order valence-corrected chi connectivity index (χ3v) is 20.5. The average molecular weight is 757 g/mol. The molecule has 11 heteroatoms. The van der Waals surface area contributed by atoms with Gasteiger partial charge in [-0.3, -0.25) is 14.3 Å². The van der Waals surface area contributed by atoms with Crippen molar-refractivity contribution in [3.8, 4) is 0 Å². The second-order valence-electron chi connectivity index (χ2n) is 15.4. The fraction of sp³-hybridized carbons (Fsp3) is 0.317. The highest BCUT2D eigenvalue weighted by Crippen LogP contribution is 2.50. The van der Waals surface area contributed by atoms with Crippen LogP contribution in [0, 0.1) is 0 Å². The topological polar surface area (TPSA) is 82.5 Å². The van der Waals surface area contributed by atoms with E-state index in [4.69, 9.17) is 25.2 Å². The molecule has 1 aliphatic heterocycles. The van der Waals surface area contributed by atoms with Gasteiger partial charge in [-0.15, -0.1) is 0 Å². The van der Waals surface area contributed by atoms with Crippen LogP contribution in [0.4, 0.5) is 4.39 Å². The lowest BCUT2D eigenvalue weighted by Gasteiger charge is -2.47. The summed E-state index contributed by atoms with van der Waals surface area (Å²) in [6, 6.07) is 41.2. The Balaban J connectivity index is 1.54. The molecule has 6 rings (SSSR count). The molecular weight excluding hydrogens is 711 g/mol. The van der Waals surface area contributed by atoms with E-state index < -0.39 is 56.5 Å². The third kappa shape index (κ3) is 6.72. The summed E-state index contributed by atoms with van der Waals surface area (Å²) in [5.41, 5.74) is -1.47. The third-order valence-electron chi connectivity index (χ3n) is 10.1. The van der Waals surface area contributed by atoms with Gasteiger partial charge in [0.2, 0.25) is 0 Å². The van der Waals surface area contributed by atoms with Crippen molar-refractivity contribution in [1.82, 2.24) is 9.55 Å². The minimum absolute atomic E-state index is 0.0941. The van der Waals surface area contributed by atoms with Crippen molar-refractivity contribution >= 4 is 49.0 Å². The molecule has 1 saturated heterocycles. The molecule has 0 aliphatic carbocycles. The number of alkyl halides is 2. The maximum Gasteiger partial charge on any atom is 0.330 e. The largest absolute Gasteiger partial charge is 0.405 e. The molecule has 1 aromatic heterocycles. The zero-order valence-corrected chi connectivity index (χ0v) is 33.1. The van der Waals surface area contributed by atoms with Crippen LogP contribution in [0.15, 0.2) is 143 Å². The molecule has 0 radical (unpaired) electrons. The van der Waals surface area contributed by atoms with Crippen molar-refractivity contribution in [1.29, 1.82) is 0 Å². The van der Waals surface area contributed by atoms with Crippen LogP contribution in [0.1, 0.15) is 47.8 Å². The van der Waals surface area contributed by atoms with Crippen molar-refractivity contribution in [3.05, 3.63) is 154 Å². The molecule has 0 spiro atoms. The van der Waals surface area contributed by atoms with Gasteiger partial charge in [-0.05, 0) is 30.8 Å². The SMILES string of the molecule is CC(C)(C)[Si](OCC1OC(n2ccc(=O)[nH]c2=O)C(F)(Cl)C1O[Si](c1ccccc1)(c1ccccc1)C(C)(C)C)(c1ccccc1)c1ccccc1. The molecule has 52 heavy (non-hydrogen) atoms. The van der Waals surface area contributed by atoms with Crippen LogP contribution >= 0.6 is 11.6 Å². The van der Waals surface area contributed by atoms with E-state index in [0.717, 1.165) is 31.4 Å². The Morgan fingerprint density at radius 3 is 1.50 bits per heavy atom. The molecule has 4 unspecified atom stereocenters. The highest BCUT2D eigenvalue weighted by molar-refractivity contribution is 7.00. The van der Waals surface area contributed by atoms with Crippen molar-refractivity contribution in [2.75, 3.05) is 6.61 Å². The average Bonchev–Trinajstić information content (AvgIpc) is 3.36. The molecule has 0 amide bonds. The molecule has 1 fully saturated rings. The second-order valence-corrected chi connectivity index (χ2v) is 24.5. The van der Waals surface area contributed by atoms with Crippen molar-refractivity contribution in [2.45, 2.75) is 75.2 Å². The van der Waals surface area contributed by atoms with Crippen LogP contribution in [-0.2, 0) is 13.6 Å². The number of H-pyrrole nitrogens is 1. The lowest BCUT2D eigenvalue weighted by molar-refractivity contribution is -0.0483. The molecule has 5 aromatic rings. The van der Waals surface area contributed by atoms with Gasteiger partial charge in [0.15, 0.2) is 6.23 Å². The molecule has 0 saturated carbocycles. The Kier molecular flexibility index (Phi) is 10.5. The van der Waals surface area contributed by atoms with Crippen LogP contribution in [0.3, 0.4) is 0 Å². The van der Waals surface area contributed by atoms with Crippen molar-refractivity contribution in [2.24, 2.45) is 0 Å². The lowest BCUT2D eigenvalue weighted by Crippen LogP contribution is -2.70. The molecule has 4 aromatic carbocycles. The maximum atomic E-state index is 17.8. The van der Waals surface area contributed by atoms with Crippen LogP contribution in [0.2, 0.25) is 10.1 Å². The van der Waals surface area contributed by atoms with Crippen molar-refractivity contribution in [3.63, 3.8) is 0 Å². The second kappa shape index (κ2) is 14.5. The van der Waals surface area contributed by atoms with E-state index in [1.807, 2.05) is 97.1 Å². The van der Waals surface area contributed by atoms with Gasteiger partial charge >= 0.3 is 5.69 Å². The first-order chi connectivity index (χ1) is 24.6. The minimum atomic E-state index is -3.43. The van der Waals surface area contributed by atoms with Gasteiger partial charge < -0.3 is 13.6 Å². The van der Waals surface area contributed by atoms with Gasteiger partial charge in [-0.25, -0.2) is 9.18 Å².